The third kappa shape index (κ3) is 6.51. The summed E-state index contributed by atoms with van der Waals surface area (Å²) in [4.78, 5) is 24.9. The number of benzene rings is 2. The summed E-state index contributed by atoms with van der Waals surface area (Å²) >= 11 is 1.67. The molecule has 1 N–H and O–H groups in total. The van der Waals surface area contributed by atoms with Gasteiger partial charge in [-0.15, -0.1) is 11.8 Å². The van der Waals surface area contributed by atoms with Gasteiger partial charge in [0.15, 0.2) is 6.61 Å². The van der Waals surface area contributed by atoms with Crippen molar-refractivity contribution in [3.05, 3.63) is 60.2 Å². The number of carbonyl (C=O) groups is 2. The fraction of sp³-hybridized carbons (Fsp3) is 0.263. The summed E-state index contributed by atoms with van der Waals surface area (Å²) in [7, 11) is 0. The maximum absolute atomic E-state index is 11.9. The zero-order chi connectivity index (χ0) is 17.9. The van der Waals surface area contributed by atoms with Gasteiger partial charge in [-0.25, -0.2) is 4.79 Å². The highest BCUT2D eigenvalue weighted by Crippen LogP contribution is 2.19. The molecule has 0 saturated heterocycles. The second-order valence-corrected chi connectivity index (χ2v) is 6.19. The van der Waals surface area contributed by atoms with E-state index in [2.05, 4.69) is 5.32 Å². The van der Waals surface area contributed by atoms with Crippen LogP contribution in [0.3, 0.4) is 0 Å². The minimum Gasteiger partial charge on any atom is -0.483 e. The minimum atomic E-state index is -0.460. The Morgan fingerprint density at radius 1 is 1.04 bits per heavy atom. The molecule has 0 aromatic heterocycles. The van der Waals surface area contributed by atoms with E-state index in [4.69, 9.17) is 9.47 Å². The molecule has 2 rings (SSSR count). The van der Waals surface area contributed by atoms with Gasteiger partial charge in [0.2, 0.25) is 0 Å². The molecule has 5 nitrogen and oxygen atoms in total. The van der Waals surface area contributed by atoms with Crippen LogP contribution < -0.4 is 10.1 Å². The Morgan fingerprint density at radius 3 is 2.52 bits per heavy atom. The summed E-state index contributed by atoms with van der Waals surface area (Å²) in [6.45, 7) is 2.42. The maximum Gasteiger partial charge on any atom is 0.341 e. The molecule has 132 valence electrons. The smallest absolute Gasteiger partial charge is 0.341 e. The number of hydrogen-bond acceptors (Lipinski definition) is 5. The SMILES string of the molecule is CCOC(=O)c1ccccc1OCC(=O)NCCSc1ccccc1. The van der Waals surface area contributed by atoms with Crippen LogP contribution in [0, 0.1) is 0 Å². The summed E-state index contributed by atoms with van der Waals surface area (Å²) in [6, 6.07) is 16.7. The lowest BCUT2D eigenvalue weighted by atomic mass is 10.2. The number of rotatable bonds is 9. The van der Waals surface area contributed by atoms with Crippen LogP contribution in [0.1, 0.15) is 17.3 Å². The van der Waals surface area contributed by atoms with E-state index in [1.807, 2.05) is 30.3 Å². The van der Waals surface area contributed by atoms with E-state index in [0.29, 0.717) is 17.9 Å². The van der Waals surface area contributed by atoms with Crippen LogP contribution in [0.5, 0.6) is 5.75 Å². The highest BCUT2D eigenvalue weighted by molar-refractivity contribution is 7.99. The van der Waals surface area contributed by atoms with Gasteiger partial charge in [-0.05, 0) is 31.2 Å². The Bertz CT molecular complexity index is 691. The summed E-state index contributed by atoms with van der Waals surface area (Å²) in [5.41, 5.74) is 0.316. The van der Waals surface area contributed by atoms with Crippen molar-refractivity contribution in [1.82, 2.24) is 5.32 Å². The number of carbonyl (C=O) groups excluding carboxylic acids is 2. The third-order valence-corrected chi connectivity index (χ3v) is 4.19. The fourth-order valence-corrected chi connectivity index (χ4v) is 2.83. The Kier molecular flexibility index (Phi) is 7.85. The highest BCUT2D eigenvalue weighted by atomic mass is 32.2. The third-order valence-electron chi connectivity index (χ3n) is 3.18. The molecule has 1 amide bonds. The molecule has 0 heterocycles. The molecule has 25 heavy (non-hydrogen) atoms. The van der Waals surface area contributed by atoms with E-state index in [1.165, 1.54) is 0 Å². The van der Waals surface area contributed by atoms with Crippen molar-refractivity contribution >= 4 is 23.6 Å². The minimum absolute atomic E-state index is 0.146. The molecule has 0 fully saturated rings. The van der Waals surface area contributed by atoms with Gasteiger partial charge in [-0.2, -0.15) is 0 Å². The first-order valence-corrected chi connectivity index (χ1v) is 9.02. The van der Waals surface area contributed by atoms with Crippen LogP contribution in [0.25, 0.3) is 0 Å². The lowest BCUT2D eigenvalue weighted by Crippen LogP contribution is -2.30. The quantitative estimate of drug-likeness (QED) is 0.423. The first-order chi connectivity index (χ1) is 12.2. The molecule has 0 saturated carbocycles. The van der Waals surface area contributed by atoms with Gasteiger partial charge in [0.25, 0.3) is 5.91 Å². The first-order valence-electron chi connectivity index (χ1n) is 8.04. The maximum atomic E-state index is 11.9. The standard InChI is InChI=1S/C19H21NO4S/c1-2-23-19(22)16-10-6-7-11-17(16)24-14-18(21)20-12-13-25-15-8-4-3-5-9-15/h3-11H,2,12-14H2,1H3,(H,20,21). The second kappa shape index (κ2) is 10.4. The molecule has 0 atom stereocenters. The van der Waals surface area contributed by atoms with Crippen molar-refractivity contribution in [2.75, 3.05) is 25.5 Å². The number of esters is 1. The zero-order valence-electron chi connectivity index (χ0n) is 14.1. The molecule has 0 aliphatic carbocycles. The van der Waals surface area contributed by atoms with Gasteiger partial charge >= 0.3 is 5.97 Å². The monoisotopic (exact) mass is 359 g/mol. The van der Waals surface area contributed by atoms with Crippen LogP contribution >= 0.6 is 11.8 Å². The molecule has 0 radical (unpaired) electrons. The summed E-state index contributed by atoms with van der Waals surface area (Å²) in [5.74, 6) is 0.426. The van der Waals surface area contributed by atoms with Crippen molar-refractivity contribution in [3.8, 4) is 5.75 Å². The summed E-state index contributed by atoms with van der Waals surface area (Å²) < 4.78 is 10.4. The van der Waals surface area contributed by atoms with E-state index in [-0.39, 0.29) is 19.1 Å². The van der Waals surface area contributed by atoms with Crippen LogP contribution in [-0.4, -0.2) is 37.4 Å². The summed E-state index contributed by atoms with van der Waals surface area (Å²) in [5, 5.41) is 2.80. The molecular formula is C19H21NO4S. The number of nitrogens with one attached hydrogen (secondary N) is 1. The van der Waals surface area contributed by atoms with Crippen LogP contribution in [-0.2, 0) is 9.53 Å². The number of amides is 1. The van der Waals surface area contributed by atoms with E-state index < -0.39 is 5.97 Å². The molecular weight excluding hydrogens is 338 g/mol. The number of ether oxygens (including phenoxy) is 2. The molecule has 2 aromatic carbocycles. The molecule has 0 bridgehead atoms. The molecule has 0 spiro atoms. The van der Waals surface area contributed by atoms with E-state index in [0.717, 1.165) is 10.6 Å². The zero-order valence-corrected chi connectivity index (χ0v) is 14.9. The van der Waals surface area contributed by atoms with Gasteiger partial charge in [0.05, 0.1) is 6.61 Å². The molecule has 0 unspecified atom stereocenters. The number of hydrogen-bond donors (Lipinski definition) is 1. The van der Waals surface area contributed by atoms with Gasteiger partial charge in [0.1, 0.15) is 11.3 Å². The molecule has 2 aromatic rings. The van der Waals surface area contributed by atoms with E-state index in [9.17, 15) is 9.59 Å². The molecule has 6 heteroatoms. The average molecular weight is 359 g/mol. The Labute approximate surface area is 151 Å². The Balaban J connectivity index is 1.74. The van der Waals surface area contributed by atoms with E-state index in [1.54, 1.807) is 43.0 Å². The van der Waals surface area contributed by atoms with Crippen LogP contribution in [0.2, 0.25) is 0 Å². The number of para-hydroxylation sites is 1. The van der Waals surface area contributed by atoms with Crippen molar-refractivity contribution in [2.24, 2.45) is 0 Å². The van der Waals surface area contributed by atoms with Gasteiger partial charge in [-0.1, -0.05) is 30.3 Å². The van der Waals surface area contributed by atoms with Crippen LogP contribution in [0.15, 0.2) is 59.5 Å². The Morgan fingerprint density at radius 2 is 1.76 bits per heavy atom. The second-order valence-electron chi connectivity index (χ2n) is 5.02. The highest BCUT2D eigenvalue weighted by Gasteiger charge is 2.13. The fourth-order valence-electron chi connectivity index (χ4n) is 2.04. The van der Waals surface area contributed by atoms with Gasteiger partial charge in [0, 0.05) is 17.2 Å². The average Bonchev–Trinajstić information content (AvgIpc) is 2.65. The largest absolute Gasteiger partial charge is 0.483 e. The predicted octanol–water partition coefficient (Wildman–Crippen LogP) is 3.15. The van der Waals surface area contributed by atoms with Crippen molar-refractivity contribution in [3.63, 3.8) is 0 Å². The predicted molar refractivity (Wildman–Crippen MR) is 98.1 cm³/mol. The lowest BCUT2D eigenvalue weighted by molar-refractivity contribution is -0.122. The molecule has 0 aliphatic heterocycles. The van der Waals surface area contributed by atoms with Crippen molar-refractivity contribution in [2.45, 2.75) is 11.8 Å². The summed E-state index contributed by atoms with van der Waals surface area (Å²) in [6.07, 6.45) is 0. The van der Waals surface area contributed by atoms with Crippen molar-refractivity contribution < 1.29 is 19.1 Å². The number of thioether (sulfide) groups is 1. The van der Waals surface area contributed by atoms with Crippen LogP contribution in [0.4, 0.5) is 0 Å². The first kappa shape index (κ1) is 18.9. The van der Waals surface area contributed by atoms with Crippen molar-refractivity contribution in [1.29, 1.82) is 0 Å². The van der Waals surface area contributed by atoms with E-state index >= 15 is 0 Å². The topological polar surface area (TPSA) is 64.6 Å². The normalized spacial score (nSPS) is 10.1. The lowest BCUT2D eigenvalue weighted by Gasteiger charge is -2.11. The Hall–Kier alpha value is -2.47. The van der Waals surface area contributed by atoms with Gasteiger partial charge < -0.3 is 14.8 Å². The molecule has 0 aliphatic rings. The van der Waals surface area contributed by atoms with Gasteiger partial charge in [-0.3, -0.25) is 4.79 Å².